The van der Waals surface area contributed by atoms with Gasteiger partial charge in [0, 0.05) is 37.4 Å². The minimum absolute atomic E-state index is 0.130. The molecule has 0 unspecified atom stereocenters. The van der Waals surface area contributed by atoms with E-state index in [9.17, 15) is 9.59 Å². The highest BCUT2D eigenvalue weighted by atomic mass is 16.1. The van der Waals surface area contributed by atoms with E-state index in [1.807, 2.05) is 88.4 Å². The van der Waals surface area contributed by atoms with Crippen LogP contribution in [-0.4, -0.2) is 18.6 Å². The van der Waals surface area contributed by atoms with Crippen LogP contribution in [0.4, 0.5) is 0 Å². The summed E-state index contributed by atoms with van der Waals surface area (Å²) in [7, 11) is 1.88. The van der Waals surface area contributed by atoms with Gasteiger partial charge in [0.25, 0.3) is 0 Å². The van der Waals surface area contributed by atoms with Gasteiger partial charge >= 0.3 is 0 Å². The van der Waals surface area contributed by atoms with E-state index < -0.39 is 0 Å². The van der Waals surface area contributed by atoms with E-state index in [1.165, 1.54) is 37.7 Å². The number of nitrogens with one attached hydrogen (secondary N) is 1. The first kappa shape index (κ1) is 47.7. The van der Waals surface area contributed by atoms with Crippen LogP contribution < -0.4 is 5.32 Å². The standard InChI is InChI=1S/C17H26.C10H13N.C7H14O.C5H10O.2C2H6/c1-13(2)17-7-5-4-6-16(17)12-15-10-8-14(3)9-11-15;1-8-5-4-6-10(7-8)9(2)11-3;1-5-6(8)7(2,3)4;1-3-5(6)4-2;2*1-2/h4-7,13-15H,8-12H2,1-3H3;4-7,11H,2H2,1,3H3;5H2,1-4H3;3-4H2,1-2H3;2*1-2H3. The first-order chi connectivity index (χ1) is 21.7. The van der Waals surface area contributed by atoms with E-state index in [0.717, 1.165) is 23.1 Å². The van der Waals surface area contributed by atoms with Gasteiger partial charge in [-0.3, -0.25) is 9.59 Å². The molecule has 0 heterocycles. The molecule has 3 nitrogen and oxygen atoms in total. The second-order valence-corrected chi connectivity index (χ2v) is 13.1. The van der Waals surface area contributed by atoms with Crippen molar-refractivity contribution in [3.8, 4) is 0 Å². The van der Waals surface area contributed by atoms with E-state index in [1.54, 1.807) is 11.1 Å². The third-order valence-corrected chi connectivity index (χ3v) is 7.94. The SMILES string of the molecule is C=C(NC)c1cccc(C)c1.CC.CC.CC1CCC(Cc2ccccc2C(C)C)CC1.CCC(=O)C(C)(C)C.CCC(=O)CC. The Labute approximate surface area is 287 Å². The minimum Gasteiger partial charge on any atom is -0.388 e. The number of hydrogen-bond donors (Lipinski definition) is 1. The number of ketones is 2. The normalized spacial score (nSPS) is 14.9. The maximum absolute atomic E-state index is 10.8. The molecule has 0 amide bonds. The lowest BCUT2D eigenvalue weighted by molar-refractivity contribution is -0.126. The van der Waals surface area contributed by atoms with Gasteiger partial charge in [-0.2, -0.15) is 0 Å². The fourth-order valence-corrected chi connectivity index (χ4v) is 4.89. The molecule has 0 atom stereocenters. The van der Waals surface area contributed by atoms with Crippen molar-refractivity contribution in [2.24, 2.45) is 17.3 Å². The van der Waals surface area contributed by atoms with Crippen molar-refractivity contribution < 1.29 is 9.59 Å². The Hall–Kier alpha value is -2.68. The molecule has 0 bridgehead atoms. The van der Waals surface area contributed by atoms with Gasteiger partial charge in [-0.15, -0.1) is 0 Å². The van der Waals surface area contributed by atoms with Gasteiger partial charge in [-0.1, -0.05) is 157 Å². The molecule has 1 saturated carbocycles. The predicted octanol–water partition coefficient (Wildman–Crippen LogP) is 12.8. The van der Waals surface area contributed by atoms with Crippen LogP contribution in [0.1, 0.15) is 163 Å². The Bertz CT molecular complexity index is 1050. The zero-order valence-corrected chi connectivity index (χ0v) is 33.0. The molecule has 1 N–H and O–H groups in total. The summed E-state index contributed by atoms with van der Waals surface area (Å²) in [5.41, 5.74) is 6.42. The second-order valence-electron chi connectivity index (χ2n) is 13.1. The van der Waals surface area contributed by atoms with Gasteiger partial charge in [-0.25, -0.2) is 0 Å². The van der Waals surface area contributed by atoms with Crippen LogP contribution in [0.25, 0.3) is 5.70 Å². The van der Waals surface area contributed by atoms with Crippen LogP contribution in [0.3, 0.4) is 0 Å². The molecule has 3 rings (SSSR count). The maximum atomic E-state index is 10.8. The van der Waals surface area contributed by atoms with Gasteiger partial charge in [0.1, 0.15) is 11.6 Å². The summed E-state index contributed by atoms with van der Waals surface area (Å²) in [5.74, 6) is 3.24. The molecule has 46 heavy (non-hydrogen) atoms. The van der Waals surface area contributed by atoms with Gasteiger partial charge < -0.3 is 5.32 Å². The number of carbonyl (C=O) groups excluding carboxylic acids is 2. The Balaban J connectivity index is -0.000000555. The van der Waals surface area contributed by atoms with Crippen LogP contribution in [0.15, 0.2) is 55.1 Å². The molecule has 2 aromatic carbocycles. The summed E-state index contributed by atoms with van der Waals surface area (Å²) in [6.45, 7) is 32.5. The number of carbonyl (C=O) groups is 2. The average molecular weight is 638 g/mol. The van der Waals surface area contributed by atoms with Crippen molar-refractivity contribution in [3.63, 3.8) is 0 Å². The first-order valence-corrected chi connectivity index (χ1v) is 18.3. The minimum atomic E-state index is -0.130. The maximum Gasteiger partial charge on any atom is 0.137 e. The fourth-order valence-electron chi connectivity index (χ4n) is 4.89. The first-order valence-electron chi connectivity index (χ1n) is 18.3. The van der Waals surface area contributed by atoms with Crippen LogP contribution in [0, 0.1) is 24.2 Å². The topological polar surface area (TPSA) is 46.2 Å². The van der Waals surface area contributed by atoms with Crippen LogP contribution in [0.2, 0.25) is 0 Å². The molecule has 2 aromatic rings. The van der Waals surface area contributed by atoms with Crippen molar-refractivity contribution in [1.29, 1.82) is 0 Å². The molecule has 0 aliphatic heterocycles. The van der Waals surface area contributed by atoms with Gasteiger partial charge in [-0.05, 0) is 66.7 Å². The highest BCUT2D eigenvalue weighted by Crippen LogP contribution is 2.32. The van der Waals surface area contributed by atoms with Gasteiger partial charge in [0.05, 0.1) is 0 Å². The Morgan fingerprint density at radius 2 is 1.37 bits per heavy atom. The molecular formula is C43H75NO2. The largest absolute Gasteiger partial charge is 0.388 e. The molecule has 3 heteroatoms. The lowest BCUT2D eigenvalue weighted by atomic mass is 9.79. The summed E-state index contributed by atoms with van der Waals surface area (Å²) in [5, 5.41) is 3.01. The summed E-state index contributed by atoms with van der Waals surface area (Å²) in [6, 6.07) is 17.3. The lowest BCUT2D eigenvalue weighted by Crippen LogP contribution is -2.18. The molecule has 0 aromatic heterocycles. The predicted molar refractivity (Wildman–Crippen MR) is 208 cm³/mol. The number of aryl methyl sites for hydroxylation is 1. The van der Waals surface area contributed by atoms with Crippen molar-refractivity contribution in [1.82, 2.24) is 5.32 Å². The van der Waals surface area contributed by atoms with Gasteiger partial charge in [0.2, 0.25) is 0 Å². The van der Waals surface area contributed by atoms with E-state index >= 15 is 0 Å². The summed E-state index contributed by atoms with van der Waals surface area (Å²) >= 11 is 0. The molecule has 0 radical (unpaired) electrons. The highest BCUT2D eigenvalue weighted by Gasteiger charge is 2.20. The lowest BCUT2D eigenvalue weighted by Gasteiger charge is -2.27. The van der Waals surface area contributed by atoms with Crippen LogP contribution in [0.5, 0.6) is 0 Å². The molecule has 264 valence electrons. The van der Waals surface area contributed by atoms with Crippen molar-refractivity contribution in [2.75, 3.05) is 7.05 Å². The monoisotopic (exact) mass is 638 g/mol. The average Bonchev–Trinajstić information content (AvgIpc) is 3.07. The highest BCUT2D eigenvalue weighted by molar-refractivity contribution is 5.83. The quantitative estimate of drug-likeness (QED) is 0.313. The molecule has 1 aliphatic carbocycles. The van der Waals surface area contributed by atoms with Crippen LogP contribution in [-0.2, 0) is 16.0 Å². The third kappa shape index (κ3) is 22.8. The van der Waals surface area contributed by atoms with Crippen molar-refractivity contribution in [2.45, 2.75) is 154 Å². The molecular weight excluding hydrogens is 562 g/mol. The van der Waals surface area contributed by atoms with Crippen molar-refractivity contribution in [3.05, 3.63) is 77.4 Å². The zero-order valence-electron chi connectivity index (χ0n) is 33.0. The van der Waals surface area contributed by atoms with Crippen LogP contribution >= 0.6 is 0 Å². The summed E-state index contributed by atoms with van der Waals surface area (Å²) in [6.07, 6.45) is 9.10. The van der Waals surface area contributed by atoms with E-state index in [2.05, 4.69) is 76.0 Å². The summed E-state index contributed by atoms with van der Waals surface area (Å²) in [4.78, 5) is 21.0. The zero-order chi connectivity index (χ0) is 36.3. The third-order valence-electron chi connectivity index (χ3n) is 7.94. The summed E-state index contributed by atoms with van der Waals surface area (Å²) < 4.78 is 0. The molecule has 1 aliphatic rings. The van der Waals surface area contributed by atoms with E-state index in [4.69, 9.17) is 0 Å². The number of Topliss-reactive ketones (excluding diaryl/α,β-unsaturated/α-hetero) is 2. The number of hydrogen-bond acceptors (Lipinski definition) is 3. The Kier molecular flexibility index (Phi) is 29.6. The molecule has 0 saturated heterocycles. The van der Waals surface area contributed by atoms with Crippen molar-refractivity contribution >= 4 is 17.3 Å². The molecule has 0 spiro atoms. The van der Waals surface area contributed by atoms with E-state index in [-0.39, 0.29) is 5.41 Å². The molecule has 1 fully saturated rings. The van der Waals surface area contributed by atoms with E-state index in [0.29, 0.717) is 36.7 Å². The number of rotatable bonds is 8. The van der Waals surface area contributed by atoms with Gasteiger partial charge in [0.15, 0.2) is 0 Å². The smallest absolute Gasteiger partial charge is 0.137 e. The number of benzene rings is 2. The Morgan fingerprint density at radius 3 is 1.74 bits per heavy atom. The Morgan fingerprint density at radius 1 is 0.848 bits per heavy atom. The fraction of sp³-hybridized carbons (Fsp3) is 0.628. The second kappa shape index (κ2) is 28.5.